The maximum atomic E-state index is 13.2. The number of nitrogens with one attached hydrogen (secondary N) is 2. The zero-order chi connectivity index (χ0) is 24.0. The van der Waals surface area contributed by atoms with Gasteiger partial charge in [0.2, 0.25) is 5.91 Å². The van der Waals surface area contributed by atoms with Crippen molar-refractivity contribution < 1.29 is 14.0 Å². The highest BCUT2D eigenvalue weighted by Gasteiger charge is 2.18. The molecule has 0 bridgehead atoms. The van der Waals surface area contributed by atoms with Crippen LogP contribution in [0.25, 0.3) is 22.3 Å². The Morgan fingerprint density at radius 2 is 1.69 bits per heavy atom. The van der Waals surface area contributed by atoms with Gasteiger partial charge in [0.1, 0.15) is 12.3 Å². The minimum atomic E-state index is -0.373. The Labute approximate surface area is 201 Å². The SMILES string of the molecule is O=C(CNC(=O)c1cc(-c2ccccc2)nc2c1cnn2Cc1ccco1)NCc1ccccc1. The van der Waals surface area contributed by atoms with Crippen molar-refractivity contribution in [3.8, 4) is 11.3 Å². The summed E-state index contributed by atoms with van der Waals surface area (Å²) >= 11 is 0. The molecule has 2 aromatic carbocycles. The summed E-state index contributed by atoms with van der Waals surface area (Å²) in [6, 6.07) is 24.6. The lowest BCUT2D eigenvalue weighted by molar-refractivity contribution is -0.120. The van der Waals surface area contributed by atoms with Crippen LogP contribution >= 0.6 is 0 Å². The number of amides is 2. The molecule has 2 N–H and O–H groups in total. The molecule has 35 heavy (non-hydrogen) atoms. The molecule has 0 fully saturated rings. The molecule has 3 aromatic heterocycles. The second-order valence-electron chi connectivity index (χ2n) is 7.98. The van der Waals surface area contributed by atoms with E-state index >= 15 is 0 Å². The molecule has 0 radical (unpaired) electrons. The molecule has 0 aliphatic heterocycles. The van der Waals surface area contributed by atoms with E-state index in [2.05, 4.69) is 15.7 Å². The maximum absolute atomic E-state index is 13.2. The van der Waals surface area contributed by atoms with Crippen molar-refractivity contribution in [2.45, 2.75) is 13.1 Å². The summed E-state index contributed by atoms with van der Waals surface area (Å²) in [7, 11) is 0. The van der Waals surface area contributed by atoms with Crippen LogP contribution in [0.2, 0.25) is 0 Å². The summed E-state index contributed by atoms with van der Waals surface area (Å²) in [5.74, 6) is 0.0781. The predicted molar refractivity (Wildman–Crippen MR) is 131 cm³/mol. The summed E-state index contributed by atoms with van der Waals surface area (Å²) in [5, 5.41) is 10.6. The number of rotatable bonds is 8. The molecule has 0 aliphatic rings. The first-order valence-corrected chi connectivity index (χ1v) is 11.2. The van der Waals surface area contributed by atoms with Crippen molar-refractivity contribution in [3.63, 3.8) is 0 Å². The second-order valence-corrected chi connectivity index (χ2v) is 7.98. The Morgan fingerprint density at radius 1 is 0.914 bits per heavy atom. The second kappa shape index (κ2) is 10.0. The van der Waals surface area contributed by atoms with Crippen molar-refractivity contribution in [1.29, 1.82) is 0 Å². The minimum absolute atomic E-state index is 0.142. The zero-order valence-corrected chi connectivity index (χ0v) is 18.8. The highest BCUT2D eigenvalue weighted by atomic mass is 16.3. The lowest BCUT2D eigenvalue weighted by Crippen LogP contribution is -2.36. The van der Waals surface area contributed by atoms with Crippen LogP contribution in [0.15, 0.2) is 95.7 Å². The molecule has 3 heterocycles. The third-order valence-electron chi connectivity index (χ3n) is 5.55. The van der Waals surface area contributed by atoms with Gasteiger partial charge in [0, 0.05) is 12.1 Å². The fraction of sp³-hybridized carbons (Fsp3) is 0.111. The standard InChI is InChI=1S/C27H23N5O3/c33-25(28-15-19-8-3-1-4-9-19)17-29-27(34)22-14-24(20-10-5-2-6-11-20)31-26-23(22)16-30-32(26)18-21-12-7-13-35-21/h1-14,16H,15,17-18H2,(H,28,33)(H,29,34). The van der Waals surface area contributed by atoms with Crippen molar-refractivity contribution in [2.24, 2.45) is 0 Å². The molecule has 0 unspecified atom stereocenters. The van der Waals surface area contributed by atoms with Gasteiger partial charge >= 0.3 is 0 Å². The number of nitrogens with zero attached hydrogens (tertiary/aromatic N) is 3. The average molecular weight is 466 g/mol. The molecule has 0 saturated carbocycles. The Hall–Kier alpha value is -4.72. The van der Waals surface area contributed by atoms with Gasteiger partial charge in [-0.2, -0.15) is 5.10 Å². The van der Waals surface area contributed by atoms with Crippen LogP contribution in [0, 0.1) is 0 Å². The summed E-state index contributed by atoms with van der Waals surface area (Å²) in [6.07, 6.45) is 3.22. The smallest absolute Gasteiger partial charge is 0.252 e. The van der Waals surface area contributed by atoms with Gasteiger partial charge in [-0.15, -0.1) is 0 Å². The zero-order valence-electron chi connectivity index (χ0n) is 18.8. The fourth-order valence-electron chi connectivity index (χ4n) is 3.77. The molecule has 8 nitrogen and oxygen atoms in total. The van der Waals surface area contributed by atoms with Crippen LogP contribution in [0.3, 0.4) is 0 Å². The maximum Gasteiger partial charge on any atom is 0.252 e. The lowest BCUT2D eigenvalue weighted by Gasteiger charge is -2.10. The van der Waals surface area contributed by atoms with Crippen LogP contribution < -0.4 is 10.6 Å². The van der Waals surface area contributed by atoms with Crippen molar-refractivity contribution in [1.82, 2.24) is 25.4 Å². The number of benzene rings is 2. The topological polar surface area (TPSA) is 102 Å². The summed E-state index contributed by atoms with van der Waals surface area (Å²) in [6.45, 7) is 0.633. The Kier molecular flexibility index (Phi) is 6.34. The Balaban J connectivity index is 1.39. The molecule has 5 rings (SSSR count). The third kappa shape index (κ3) is 5.11. The average Bonchev–Trinajstić information content (AvgIpc) is 3.57. The van der Waals surface area contributed by atoms with E-state index in [4.69, 9.17) is 9.40 Å². The van der Waals surface area contributed by atoms with Gasteiger partial charge in [0.25, 0.3) is 5.91 Å². The van der Waals surface area contributed by atoms with Crippen molar-refractivity contribution in [3.05, 3.63) is 108 Å². The highest BCUT2D eigenvalue weighted by Crippen LogP contribution is 2.25. The summed E-state index contributed by atoms with van der Waals surface area (Å²) < 4.78 is 7.15. The molecular formula is C27H23N5O3. The van der Waals surface area contributed by atoms with Crippen LogP contribution in [0.5, 0.6) is 0 Å². The Bertz CT molecular complexity index is 1440. The van der Waals surface area contributed by atoms with E-state index in [0.29, 0.717) is 35.4 Å². The number of aromatic nitrogens is 3. The molecule has 8 heteroatoms. The lowest BCUT2D eigenvalue weighted by atomic mass is 10.1. The Morgan fingerprint density at radius 3 is 2.43 bits per heavy atom. The van der Waals surface area contributed by atoms with E-state index in [1.807, 2.05) is 72.8 Å². The highest BCUT2D eigenvalue weighted by molar-refractivity contribution is 6.07. The first-order chi connectivity index (χ1) is 17.2. The number of furan rings is 1. The predicted octanol–water partition coefficient (Wildman–Crippen LogP) is 3.79. The number of hydrogen-bond acceptors (Lipinski definition) is 5. The molecule has 0 saturated heterocycles. The van der Waals surface area contributed by atoms with Gasteiger partial charge in [-0.3, -0.25) is 9.59 Å². The molecule has 0 spiro atoms. The number of carbonyl (C=O) groups is 2. The molecule has 174 valence electrons. The monoisotopic (exact) mass is 465 g/mol. The normalized spacial score (nSPS) is 10.9. The largest absolute Gasteiger partial charge is 0.467 e. The van der Waals surface area contributed by atoms with E-state index in [-0.39, 0.29) is 18.4 Å². The van der Waals surface area contributed by atoms with Gasteiger partial charge in [-0.05, 0) is 23.8 Å². The fourth-order valence-corrected chi connectivity index (χ4v) is 3.77. The minimum Gasteiger partial charge on any atom is -0.467 e. The van der Waals surface area contributed by atoms with E-state index in [1.165, 1.54) is 0 Å². The number of hydrogen-bond donors (Lipinski definition) is 2. The number of fused-ring (bicyclic) bond motifs is 1. The summed E-state index contributed by atoms with van der Waals surface area (Å²) in [4.78, 5) is 30.3. The molecule has 2 amide bonds. The van der Waals surface area contributed by atoms with Gasteiger partial charge in [-0.25, -0.2) is 9.67 Å². The molecular weight excluding hydrogens is 442 g/mol. The van der Waals surface area contributed by atoms with Gasteiger partial charge in [0.15, 0.2) is 5.65 Å². The first kappa shape index (κ1) is 22.1. The van der Waals surface area contributed by atoms with Crippen molar-refractivity contribution in [2.75, 3.05) is 6.54 Å². The van der Waals surface area contributed by atoms with Crippen LogP contribution in [-0.4, -0.2) is 33.1 Å². The van der Waals surface area contributed by atoms with E-state index in [9.17, 15) is 9.59 Å². The van der Waals surface area contributed by atoms with Crippen LogP contribution in [0.1, 0.15) is 21.7 Å². The van der Waals surface area contributed by atoms with E-state index in [1.54, 1.807) is 23.2 Å². The van der Waals surface area contributed by atoms with Crippen LogP contribution in [-0.2, 0) is 17.9 Å². The third-order valence-corrected chi connectivity index (χ3v) is 5.55. The molecule has 5 aromatic rings. The van der Waals surface area contributed by atoms with Gasteiger partial charge < -0.3 is 15.1 Å². The number of pyridine rings is 1. The van der Waals surface area contributed by atoms with Gasteiger partial charge in [0.05, 0.1) is 35.6 Å². The molecule has 0 aliphatic carbocycles. The summed E-state index contributed by atoms with van der Waals surface area (Å²) in [5.41, 5.74) is 3.45. The van der Waals surface area contributed by atoms with E-state index < -0.39 is 0 Å². The number of carbonyl (C=O) groups excluding carboxylic acids is 2. The van der Waals surface area contributed by atoms with Gasteiger partial charge in [-0.1, -0.05) is 60.7 Å². The quantitative estimate of drug-likeness (QED) is 0.363. The van der Waals surface area contributed by atoms with Crippen molar-refractivity contribution >= 4 is 22.8 Å². The van der Waals surface area contributed by atoms with E-state index in [0.717, 1.165) is 16.9 Å². The molecule has 0 atom stereocenters. The first-order valence-electron chi connectivity index (χ1n) is 11.2. The van der Waals surface area contributed by atoms with Crippen LogP contribution in [0.4, 0.5) is 0 Å².